The van der Waals surface area contributed by atoms with Gasteiger partial charge in [0, 0.05) is 5.92 Å². The Bertz CT molecular complexity index is 578. The SMILES string of the molecule is Nc1nnc(C2C3CCc4ccccc4C32)s1. The van der Waals surface area contributed by atoms with Crippen LogP contribution in [0.25, 0.3) is 0 Å². The first-order chi connectivity index (χ1) is 8.34. The van der Waals surface area contributed by atoms with Crippen molar-refractivity contribution in [2.24, 2.45) is 5.92 Å². The number of nitrogen functional groups attached to an aromatic ring is 1. The van der Waals surface area contributed by atoms with E-state index in [4.69, 9.17) is 5.73 Å². The fraction of sp³-hybridized carbons (Fsp3) is 0.385. The number of rotatable bonds is 1. The van der Waals surface area contributed by atoms with E-state index in [1.54, 1.807) is 11.3 Å². The molecule has 17 heavy (non-hydrogen) atoms. The van der Waals surface area contributed by atoms with Gasteiger partial charge in [0.1, 0.15) is 5.01 Å². The van der Waals surface area contributed by atoms with Gasteiger partial charge in [0.2, 0.25) is 5.13 Å². The van der Waals surface area contributed by atoms with Gasteiger partial charge in [-0.2, -0.15) is 0 Å². The third kappa shape index (κ3) is 1.33. The number of benzene rings is 1. The molecular weight excluding hydrogens is 230 g/mol. The standard InChI is InChI=1S/C13H13N3S/c14-13-16-15-12(17-13)11-9-6-5-7-3-1-2-4-8(7)10(9)11/h1-4,9-11H,5-6H2,(H2,14,16). The average molecular weight is 243 g/mol. The summed E-state index contributed by atoms with van der Waals surface area (Å²) in [5, 5.41) is 9.88. The van der Waals surface area contributed by atoms with Crippen LogP contribution >= 0.6 is 11.3 Å². The maximum Gasteiger partial charge on any atom is 0.203 e. The Kier molecular flexibility index (Phi) is 1.86. The second kappa shape index (κ2) is 3.29. The summed E-state index contributed by atoms with van der Waals surface area (Å²) in [6.45, 7) is 0. The van der Waals surface area contributed by atoms with Crippen molar-refractivity contribution in [3.63, 3.8) is 0 Å². The molecule has 1 heterocycles. The average Bonchev–Trinajstić information content (AvgIpc) is 2.96. The minimum Gasteiger partial charge on any atom is -0.374 e. The highest BCUT2D eigenvalue weighted by molar-refractivity contribution is 7.15. The topological polar surface area (TPSA) is 51.8 Å². The highest BCUT2D eigenvalue weighted by atomic mass is 32.1. The van der Waals surface area contributed by atoms with E-state index < -0.39 is 0 Å². The Labute approximate surface area is 104 Å². The van der Waals surface area contributed by atoms with Gasteiger partial charge in [-0.25, -0.2) is 0 Å². The molecule has 86 valence electrons. The monoisotopic (exact) mass is 243 g/mol. The summed E-state index contributed by atoms with van der Waals surface area (Å²) in [7, 11) is 0. The van der Waals surface area contributed by atoms with Crippen LogP contribution in [-0.4, -0.2) is 10.2 Å². The molecule has 0 amide bonds. The molecular formula is C13H13N3S. The number of fused-ring (bicyclic) bond motifs is 3. The molecule has 3 unspecified atom stereocenters. The first kappa shape index (κ1) is 9.59. The smallest absolute Gasteiger partial charge is 0.203 e. The van der Waals surface area contributed by atoms with Crippen molar-refractivity contribution < 1.29 is 0 Å². The summed E-state index contributed by atoms with van der Waals surface area (Å²) < 4.78 is 0. The van der Waals surface area contributed by atoms with Crippen molar-refractivity contribution in [3.8, 4) is 0 Å². The lowest BCUT2D eigenvalue weighted by molar-refractivity contribution is 0.658. The van der Waals surface area contributed by atoms with Gasteiger partial charge in [-0.15, -0.1) is 10.2 Å². The predicted octanol–water partition coefficient (Wildman–Crippen LogP) is 2.56. The maximum absolute atomic E-state index is 5.67. The number of anilines is 1. The zero-order valence-corrected chi connectivity index (χ0v) is 10.2. The van der Waals surface area contributed by atoms with Crippen LogP contribution in [0.15, 0.2) is 24.3 Å². The Hall–Kier alpha value is -1.42. The Morgan fingerprint density at radius 1 is 1.18 bits per heavy atom. The number of hydrogen-bond acceptors (Lipinski definition) is 4. The van der Waals surface area contributed by atoms with Crippen molar-refractivity contribution in [2.75, 3.05) is 5.73 Å². The molecule has 0 bridgehead atoms. The third-order valence-electron chi connectivity index (χ3n) is 4.07. The number of nitrogens with zero attached hydrogens (tertiary/aromatic N) is 2. The van der Waals surface area contributed by atoms with Gasteiger partial charge in [-0.05, 0) is 35.8 Å². The van der Waals surface area contributed by atoms with E-state index in [9.17, 15) is 0 Å². The summed E-state index contributed by atoms with van der Waals surface area (Å²) in [6, 6.07) is 8.82. The Morgan fingerprint density at radius 3 is 2.88 bits per heavy atom. The van der Waals surface area contributed by atoms with Gasteiger partial charge in [0.05, 0.1) is 0 Å². The quantitative estimate of drug-likeness (QED) is 0.837. The minimum absolute atomic E-state index is 0.577. The molecule has 0 spiro atoms. The fourth-order valence-electron chi connectivity index (χ4n) is 3.28. The molecule has 1 fully saturated rings. The van der Waals surface area contributed by atoms with Crippen molar-refractivity contribution in [3.05, 3.63) is 40.4 Å². The summed E-state index contributed by atoms with van der Waals surface area (Å²) in [5.74, 6) is 2.03. The molecule has 1 aromatic carbocycles. The molecule has 2 aliphatic carbocycles. The molecule has 0 radical (unpaired) electrons. The van der Waals surface area contributed by atoms with Crippen LogP contribution in [0.5, 0.6) is 0 Å². The van der Waals surface area contributed by atoms with E-state index in [0.717, 1.165) is 10.9 Å². The summed E-state index contributed by atoms with van der Waals surface area (Å²) in [5.41, 5.74) is 8.73. The van der Waals surface area contributed by atoms with Crippen LogP contribution in [-0.2, 0) is 6.42 Å². The number of nitrogens with two attached hydrogens (primary N) is 1. The molecule has 1 saturated carbocycles. The van der Waals surface area contributed by atoms with Crippen LogP contribution in [0.2, 0.25) is 0 Å². The molecule has 3 nitrogen and oxygen atoms in total. The minimum atomic E-state index is 0.577. The molecule has 2 N–H and O–H groups in total. The van der Waals surface area contributed by atoms with Crippen molar-refractivity contribution in [1.82, 2.24) is 10.2 Å². The van der Waals surface area contributed by atoms with E-state index >= 15 is 0 Å². The molecule has 4 heteroatoms. The van der Waals surface area contributed by atoms with E-state index in [1.165, 1.54) is 24.0 Å². The van der Waals surface area contributed by atoms with Gasteiger partial charge >= 0.3 is 0 Å². The number of hydrogen-bond donors (Lipinski definition) is 1. The van der Waals surface area contributed by atoms with Gasteiger partial charge in [0.25, 0.3) is 0 Å². The largest absolute Gasteiger partial charge is 0.374 e. The van der Waals surface area contributed by atoms with Gasteiger partial charge < -0.3 is 5.73 Å². The van der Waals surface area contributed by atoms with E-state index in [-0.39, 0.29) is 0 Å². The molecule has 1 aromatic heterocycles. The van der Waals surface area contributed by atoms with Crippen LogP contribution in [0.1, 0.15) is 34.4 Å². The highest BCUT2D eigenvalue weighted by Gasteiger charge is 2.55. The van der Waals surface area contributed by atoms with Gasteiger partial charge in [0.15, 0.2) is 0 Å². The van der Waals surface area contributed by atoms with Crippen LogP contribution < -0.4 is 5.73 Å². The zero-order valence-electron chi connectivity index (χ0n) is 9.34. The molecule has 0 saturated heterocycles. The molecule has 4 rings (SSSR count). The Balaban J connectivity index is 1.73. The van der Waals surface area contributed by atoms with Crippen LogP contribution in [0.3, 0.4) is 0 Å². The second-order valence-corrected chi connectivity index (χ2v) is 5.97. The van der Waals surface area contributed by atoms with E-state index in [2.05, 4.69) is 34.5 Å². The van der Waals surface area contributed by atoms with Crippen LogP contribution in [0, 0.1) is 5.92 Å². The van der Waals surface area contributed by atoms with E-state index in [0.29, 0.717) is 17.0 Å². The zero-order chi connectivity index (χ0) is 11.4. The molecule has 3 atom stereocenters. The predicted molar refractivity (Wildman–Crippen MR) is 68.1 cm³/mol. The lowest BCUT2D eigenvalue weighted by atomic mass is 9.92. The summed E-state index contributed by atoms with van der Waals surface area (Å²) >= 11 is 1.55. The molecule has 2 aromatic rings. The van der Waals surface area contributed by atoms with Crippen molar-refractivity contribution >= 4 is 16.5 Å². The fourth-order valence-corrected chi connectivity index (χ4v) is 4.12. The third-order valence-corrected chi connectivity index (χ3v) is 4.92. The lowest BCUT2D eigenvalue weighted by Crippen LogP contribution is -2.00. The van der Waals surface area contributed by atoms with E-state index in [1.807, 2.05) is 0 Å². The van der Waals surface area contributed by atoms with Crippen molar-refractivity contribution in [1.29, 1.82) is 0 Å². The van der Waals surface area contributed by atoms with Gasteiger partial charge in [-0.3, -0.25) is 0 Å². The highest BCUT2D eigenvalue weighted by Crippen LogP contribution is 2.65. The lowest BCUT2D eigenvalue weighted by Gasteiger charge is -2.13. The number of aryl methyl sites for hydroxylation is 1. The first-order valence-corrected chi connectivity index (χ1v) is 6.83. The molecule has 0 aliphatic heterocycles. The summed E-state index contributed by atoms with van der Waals surface area (Å²) in [6.07, 6.45) is 2.49. The first-order valence-electron chi connectivity index (χ1n) is 6.01. The Morgan fingerprint density at radius 2 is 2.06 bits per heavy atom. The van der Waals surface area contributed by atoms with Gasteiger partial charge in [-0.1, -0.05) is 35.6 Å². The maximum atomic E-state index is 5.67. The summed E-state index contributed by atoms with van der Waals surface area (Å²) in [4.78, 5) is 0. The van der Waals surface area contributed by atoms with Crippen molar-refractivity contribution in [2.45, 2.75) is 24.7 Å². The molecule has 2 aliphatic rings. The van der Waals surface area contributed by atoms with Crippen LogP contribution in [0.4, 0.5) is 5.13 Å². The normalized spacial score (nSPS) is 29.5. The second-order valence-electron chi connectivity index (χ2n) is 4.93. The number of aromatic nitrogens is 2.